The van der Waals surface area contributed by atoms with Gasteiger partial charge in [0.2, 0.25) is 0 Å². The van der Waals surface area contributed by atoms with E-state index in [-0.39, 0.29) is 11.0 Å². The van der Waals surface area contributed by atoms with Crippen molar-refractivity contribution in [2.45, 2.75) is 0 Å². The minimum atomic E-state index is 0.164. The van der Waals surface area contributed by atoms with Gasteiger partial charge in [-0.2, -0.15) is 5.10 Å². The minimum absolute atomic E-state index is 0.164. The number of benzene rings is 1. The fourth-order valence-corrected chi connectivity index (χ4v) is 1.36. The van der Waals surface area contributed by atoms with Crippen LogP contribution in [-0.2, 0) is 0 Å². The maximum Gasteiger partial charge on any atom is 0.173 e. The summed E-state index contributed by atoms with van der Waals surface area (Å²) in [5.41, 5.74) is 7.04. The van der Waals surface area contributed by atoms with Crippen molar-refractivity contribution < 1.29 is 0 Å². The summed E-state index contributed by atoms with van der Waals surface area (Å²) >= 11 is 5.70. The Labute approximate surface area is 109 Å². The Morgan fingerprint density at radius 1 is 1.22 bits per heavy atom. The molecule has 0 spiro atoms. The highest BCUT2D eigenvalue weighted by Crippen LogP contribution is 2.02. The van der Waals surface area contributed by atoms with E-state index in [2.05, 4.69) is 20.2 Å². The van der Waals surface area contributed by atoms with Gasteiger partial charge in [-0.3, -0.25) is 4.98 Å². The molecule has 0 saturated carbocycles. The van der Waals surface area contributed by atoms with Gasteiger partial charge in [0.1, 0.15) is 10.8 Å². The van der Waals surface area contributed by atoms with Gasteiger partial charge in [-0.1, -0.05) is 41.9 Å². The highest BCUT2D eigenvalue weighted by atomic mass is 35.5. The van der Waals surface area contributed by atoms with Crippen LogP contribution < -0.4 is 5.73 Å². The molecular formula is C12H10ClN5. The Morgan fingerprint density at radius 3 is 2.72 bits per heavy atom. The molecule has 90 valence electrons. The second kappa shape index (κ2) is 5.88. The Balaban J connectivity index is 2.12. The lowest BCUT2D eigenvalue weighted by atomic mass is 10.2. The standard InChI is InChI=1S/C12H10ClN5/c13-11-8-15-7-10(17-11)12(14)18-16-6-9-4-2-1-3-5-9/h1-8H,(H2,14,18)/b16-6-. The second-order valence-electron chi connectivity index (χ2n) is 3.37. The number of hydrogen-bond acceptors (Lipinski definition) is 4. The molecule has 0 saturated heterocycles. The molecule has 1 heterocycles. The van der Waals surface area contributed by atoms with Crippen LogP contribution in [0.25, 0.3) is 0 Å². The van der Waals surface area contributed by atoms with Gasteiger partial charge < -0.3 is 5.73 Å². The summed E-state index contributed by atoms with van der Waals surface area (Å²) in [4.78, 5) is 7.84. The van der Waals surface area contributed by atoms with Gasteiger partial charge in [0.25, 0.3) is 0 Å². The van der Waals surface area contributed by atoms with Crippen LogP contribution >= 0.6 is 11.6 Å². The number of rotatable bonds is 3. The third-order valence-electron chi connectivity index (χ3n) is 2.04. The van der Waals surface area contributed by atoms with Crippen LogP contribution in [0.3, 0.4) is 0 Å². The first-order valence-corrected chi connectivity index (χ1v) is 5.53. The summed E-state index contributed by atoms with van der Waals surface area (Å²) in [5.74, 6) is 0.164. The largest absolute Gasteiger partial charge is 0.380 e. The van der Waals surface area contributed by atoms with Gasteiger partial charge in [-0.05, 0) is 5.56 Å². The summed E-state index contributed by atoms with van der Waals surface area (Å²) in [7, 11) is 0. The van der Waals surface area contributed by atoms with E-state index in [1.165, 1.54) is 12.4 Å². The lowest BCUT2D eigenvalue weighted by Crippen LogP contribution is -2.15. The number of hydrogen-bond donors (Lipinski definition) is 1. The molecule has 1 aromatic heterocycles. The lowest BCUT2D eigenvalue weighted by Gasteiger charge is -1.96. The van der Waals surface area contributed by atoms with Crippen molar-refractivity contribution in [2.75, 3.05) is 0 Å². The molecule has 0 aliphatic carbocycles. The number of aromatic nitrogens is 2. The average Bonchev–Trinajstić information content (AvgIpc) is 2.40. The van der Waals surface area contributed by atoms with E-state index in [1.807, 2.05) is 30.3 Å². The zero-order valence-corrected chi connectivity index (χ0v) is 10.1. The van der Waals surface area contributed by atoms with Crippen molar-refractivity contribution in [3.63, 3.8) is 0 Å². The zero-order valence-electron chi connectivity index (χ0n) is 9.36. The molecule has 2 N–H and O–H groups in total. The number of nitrogens with zero attached hydrogens (tertiary/aromatic N) is 4. The molecule has 0 unspecified atom stereocenters. The second-order valence-corrected chi connectivity index (χ2v) is 3.75. The third kappa shape index (κ3) is 3.36. The maximum absolute atomic E-state index is 5.70. The van der Waals surface area contributed by atoms with Crippen molar-refractivity contribution in [2.24, 2.45) is 15.9 Å². The van der Waals surface area contributed by atoms with Gasteiger partial charge in [-0.25, -0.2) is 4.98 Å². The molecule has 0 radical (unpaired) electrons. The molecule has 0 amide bonds. The van der Waals surface area contributed by atoms with E-state index in [1.54, 1.807) is 6.21 Å². The van der Waals surface area contributed by atoms with Gasteiger partial charge in [0, 0.05) is 0 Å². The Morgan fingerprint density at radius 2 is 2.00 bits per heavy atom. The van der Waals surface area contributed by atoms with Crippen molar-refractivity contribution in [1.29, 1.82) is 0 Å². The Hall–Kier alpha value is -2.27. The highest BCUT2D eigenvalue weighted by Gasteiger charge is 2.00. The van der Waals surface area contributed by atoms with E-state index in [0.717, 1.165) is 5.56 Å². The fraction of sp³-hybridized carbons (Fsp3) is 0. The van der Waals surface area contributed by atoms with Gasteiger partial charge in [-0.15, -0.1) is 5.10 Å². The van der Waals surface area contributed by atoms with Gasteiger partial charge in [0.15, 0.2) is 5.84 Å². The summed E-state index contributed by atoms with van der Waals surface area (Å²) < 4.78 is 0. The molecule has 18 heavy (non-hydrogen) atoms. The predicted molar refractivity (Wildman–Crippen MR) is 71.8 cm³/mol. The topological polar surface area (TPSA) is 76.5 Å². The third-order valence-corrected chi connectivity index (χ3v) is 2.22. The average molecular weight is 260 g/mol. The number of halogens is 1. The van der Waals surface area contributed by atoms with Crippen molar-refractivity contribution in [3.05, 3.63) is 59.1 Å². The summed E-state index contributed by atoms with van der Waals surface area (Å²) in [6.45, 7) is 0. The van der Waals surface area contributed by atoms with Crippen LogP contribution in [0.2, 0.25) is 5.15 Å². The van der Waals surface area contributed by atoms with Crippen LogP contribution in [0.4, 0.5) is 0 Å². The molecule has 0 fully saturated rings. The molecule has 0 atom stereocenters. The molecule has 0 aliphatic rings. The van der Waals surface area contributed by atoms with Crippen molar-refractivity contribution >= 4 is 23.7 Å². The molecule has 2 rings (SSSR count). The first-order valence-electron chi connectivity index (χ1n) is 5.15. The van der Waals surface area contributed by atoms with Crippen molar-refractivity contribution in [3.8, 4) is 0 Å². The monoisotopic (exact) mass is 259 g/mol. The minimum Gasteiger partial charge on any atom is -0.380 e. The highest BCUT2D eigenvalue weighted by molar-refractivity contribution is 6.29. The van der Waals surface area contributed by atoms with Gasteiger partial charge >= 0.3 is 0 Å². The van der Waals surface area contributed by atoms with E-state index in [4.69, 9.17) is 17.3 Å². The normalized spacial score (nSPS) is 11.9. The Bertz CT molecular complexity index is 580. The first-order chi connectivity index (χ1) is 8.75. The Kier molecular flexibility index (Phi) is 3.98. The SMILES string of the molecule is N/C(=N/N=C\c1ccccc1)c1cncc(Cl)n1. The predicted octanol–water partition coefficient (Wildman–Crippen LogP) is 1.87. The summed E-state index contributed by atoms with van der Waals surface area (Å²) in [6.07, 6.45) is 4.50. The molecule has 0 bridgehead atoms. The summed E-state index contributed by atoms with van der Waals surface area (Å²) in [5, 5.41) is 7.97. The van der Waals surface area contributed by atoms with Crippen LogP contribution in [0.1, 0.15) is 11.3 Å². The van der Waals surface area contributed by atoms with Crippen LogP contribution in [0.5, 0.6) is 0 Å². The molecule has 6 heteroatoms. The fourth-order valence-electron chi connectivity index (χ4n) is 1.21. The first kappa shape index (κ1) is 12.2. The zero-order chi connectivity index (χ0) is 12.8. The van der Waals surface area contributed by atoms with E-state index < -0.39 is 0 Å². The maximum atomic E-state index is 5.70. The molecule has 5 nitrogen and oxygen atoms in total. The van der Waals surface area contributed by atoms with Crippen LogP contribution in [0, 0.1) is 0 Å². The number of nitrogens with two attached hydrogens (primary N) is 1. The van der Waals surface area contributed by atoms with E-state index >= 15 is 0 Å². The van der Waals surface area contributed by atoms with Crippen LogP contribution in [0.15, 0.2) is 52.9 Å². The van der Waals surface area contributed by atoms with Crippen molar-refractivity contribution in [1.82, 2.24) is 9.97 Å². The molecular weight excluding hydrogens is 250 g/mol. The molecule has 0 aliphatic heterocycles. The number of amidine groups is 1. The smallest absolute Gasteiger partial charge is 0.173 e. The van der Waals surface area contributed by atoms with E-state index in [0.29, 0.717) is 5.69 Å². The molecule has 1 aromatic carbocycles. The van der Waals surface area contributed by atoms with Crippen LogP contribution in [-0.4, -0.2) is 22.0 Å². The van der Waals surface area contributed by atoms with E-state index in [9.17, 15) is 0 Å². The quantitative estimate of drug-likeness (QED) is 0.519. The summed E-state index contributed by atoms with van der Waals surface area (Å²) in [6, 6.07) is 9.58. The lowest BCUT2D eigenvalue weighted by molar-refractivity contribution is 1.15. The van der Waals surface area contributed by atoms with Gasteiger partial charge in [0.05, 0.1) is 18.6 Å². The molecule has 2 aromatic rings.